The van der Waals surface area contributed by atoms with Gasteiger partial charge in [-0.1, -0.05) is 18.2 Å². The van der Waals surface area contributed by atoms with Crippen molar-refractivity contribution in [2.45, 2.75) is 25.3 Å². The van der Waals surface area contributed by atoms with E-state index in [1.165, 1.54) is 16.7 Å². The SMILES string of the molecule is O=C(/C=C/c1cscn1)N1CCCC[C@@H]1c1cc2ccccc2[nH]1. The number of likely N-dealkylation sites (tertiary alicyclic amines) is 1. The third kappa shape index (κ3) is 2.99. The van der Waals surface area contributed by atoms with E-state index in [0.717, 1.165) is 42.7 Å². The van der Waals surface area contributed by atoms with Gasteiger partial charge in [0.25, 0.3) is 0 Å². The Labute approximate surface area is 144 Å². The number of para-hydroxylation sites is 1. The number of nitrogens with zero attached hydrogens (tertiary/aromatic N) is 2. The van der Waals surface area contributed by atoms with E-state index in [2.05, 4.69) is 28.2 Å². The largest absolute Gasteiger partial charge is 0.357 e. The molecule has 0 unspecified atom stereocenters. The molecule has 1 aromatic carbocycles. The number of amides is 1. The summed E-state index contributed by atoms with van der Waals surface area (Å²) in [5.74, 6) is 0.0614. The summed E-state index contributed by atoms with van der Waals surface area (Å²) >= 11 is 1.53. The summed E-state index contributed by atoms with van der Waals surface area (Å²) in [6.45, 7) is 0.806. The Morgan fingerprint density at radius 3 is 3.08 bits per heavy atom. The highest BCUT2D eigenvalue weighted by molar-refractivity contribution is 7.07. The van der Waals surface area contributed by atoms with Gasteiger partial charge in [-0.3, -0.25) is 4.79 Å². The lowest BCUT2D eigenvalue weighted by Crippen LogP contribution is -2.37. The van der Waals surface area contributed by atoms with Gasteiger partial charge in [0, 0.05) is 29.2 Å². The molecular weight excluding hydrogens is 318 g/mol. The second kappa shape index (κ2) is 6.61. The second-order valence-corrected chi connectivity index (χ2v) is 6.82. The van der Waals surface area contributed by atoms with Crippen molar-refractivity contribution in [2.75, 3.05) is 6.54 Å². The molecule has 4 nitrogen and oxygen atoms in total. The van der Waals surface area contributed by atoms with Crippen LogP contribution in [-0.2, 0) is 4.79 Å². The number of H-pyrrole nitrogens is 1. The Kier molecular flexibility index (Phi) is 4.17. The first kappa shape index (κ1) is 15.1. The van der Waals surface area contributed by atoms with Crippen LogP contribution in [0.2, 0.25) is 0 Å². The zero-order valence-electron chi connectivity index (χ0n) is 13.3. The maximum Gasteiger partial charge on any atom is 0.247 e. The normalized spacial score (nSPS) is 18.5. The van der Waals surface area contributed by atoms with Gasteiger partial charge < -0.3 is 9.88 Å². The summed E-state index contributed by atoms with van der Waals surface area (Å²) in [5, 5.41) is 3.14. The number of aromatic nitrogens is 2. The van der Waals surface area contributed by atoms with Crippen molar-refractivity contribution in [1.29, 1.82) is 0 Å². The Hall–Kier alpha value is -2.40. The molecule has 5 heteroatoms. The third-order valence-electron chi connectivity index (χ3n) is 4.54. The van der Waals surface area contributed by atoms with E-state index in [1.807, 2.05) is 22.4 Å². The summed E-state index contributed by atoms with van der Waals surface area (Å²) in [4.78, 5) is 22.4. The number of fused-ring (bicyclic) bond motifs is 1. The van der Waals surface area contributed by atoms with Gasteiger partial charge in [0.15, 0.2) is 0 Å². The van der Waals surface area contributed by atoms with Crippen LogP contribution in [0.25, 0.3) is 17.0 Å². The molecule has 0 aliphatic carbocycles. The summed E-state index contributed by atoms with van der Waals surface area (Å²) < 4.78 is 0. The van der Waals surface area contributed by atoms with Crippen molar-refractivity contribution in [2.24, 2.45) is 0 Å². The monoisotopic (exact) mass is 337 g/mol. The number of aromatic amines is 1. The first-order valence-electron chi connectivity index (χ1n) is 8.26. The maximum atomic E-state index is 12.7. The minimum Gasteiger partial charge on any atom is -0.357 e. The molecule has 1 aliphatic rings. The third-order valence-corrected chi connectivity index (χ3v) is 5.15. The van der Waals surface area contributed by atoms with Crippen LogP contribution in [0.5, 0.6) is 0 Å². The van der Waals surface area contributed by atoms with Crippen LogP contribution >= 0.6 is 11.3 Å². The number of thiazole rings is 1. The van der Waals surface area contributed by atoms with Gasteiger partial charge in [-0.25, -0.2) is 4.98 Å². The first-order chi connectivity index (χ1) is 11.8. The average molecular weight is 337 g/mol. The fraction of sp³-hybridized carbons (Fsp3) is 0.263. The molecule has 1 aliphatic heterocycles. The minimum absolute atomic E-state index is 0.0614. The van der Waals surface area contributed by atoms with Crippen LogP contribution in [-0.4, -0.2) is 27.3 Å². The zero-order chi connectivity index (χ0) is 16.4. The zero-order valence-corrected chi connectivity index (χ0v) is 14.1. The second-order valence-electron chi connectivity index (χ2n) is 6.10. The molecule has 1 atom stereocenters. The summed E-state index contributed by atoms with van der Waals surface area (Å²) in [6.07, 6.45) is 6.67. The molecule has 2 aromatic heterocycles. The summed E-state index contributed by atoms with van der Waals surface area (Å²) in [6, 6.07) is 10.6. The molecule has 122 valence electrons. The van der Waals surface area contributed by atoms with E-state index in [0.29, 0.717) is 0 Å². The number of hydrogen-bond donors (Lipinski definition) is 1. The van der Waals surface area contributed by atoms with E-state index < -0.39 is 0 Å². The van der Waals surface area contributed by atoms with E-state index in [4.69, 9.17) is 0 Å². The quantitative estimate of drug-likeness (QED) is 0.721. The van der Waals surface area contributed by atoms with Crippen molar-refractivity contribution in [1.82, 2.24) is 14.9 Å². The van der Waals surface area contributed by atoms with Crippen LogP contribution < -0.4 is 0 Å². The molecule has 3 aromatic rings. The number of carbonyl (C=O) groups is 1. The highest BCUT2D eigenvalue weighted by atomic mass is 32.1. The van der Waals surface area contributed by atoms with E-state index in [9.17, 15) is 4.79 Å². The molecule has 0 spiro atoms. The number of rotatable bonds is 3. The van der Waals surface area contributed by atoms with Crippen molar-refractivity contribution in [3.8, 4) is 0 Å². The molecule has 0 saturated carbocycles. The van der Waals surface area contributed by atoms with E-state index in [1.54, 1.807) is 17.7 Å². The summed E-state index contributed by atoms with van der Waals surface area (Å²) in [7, 11) is 0. The van der Waals surface area contributed by atoms with Crippen LogP contribution in [0.4, 0.5) is 0 Å². The molecule has 24 heavy (non-hydrogen) atoms. The van der Waals surface area contributed by atoms with E-state index in [-0.39, 0.29) is 11.9 Å². The molecule has 1 fully saturated rings. The molecule has 1 amide bonds. The highest BCUT2D eigenvalue weighted by Crippen LogP contribution is 2.32. The van der Waals surface area contributed by atoms with Crippen molar-refractivity contribution < 1.29 is 4.79 Å². The molecule has 3 heterocycles. The Bertz CT molecular complexity index is 833. The lowest BCUT2D eigenvalue weighted by Gasteiger charge is -2.34. The van der Waals surface area contributed by atoms with Crippen molar-refractivity contribution in [3.63, 3.8) is 0 Å². The molecule has 1 saturated heterocycles. The fourth-order valence-electron chi connectivity index (χ4n) is 3.35. The Balaban J connectivity index is 1.59. The van der Waals surface area contributed by atoms with Crippen LogP contribution in [0.15, 0.2) is 47.3 Å². The lowest BCUT2D eigenvalue weighted by molar-refractivity contribution is -0.129. The number of benzene rings is 1. The highest BCUT2D eigenvalue weighted by Gasteiger charge is 2.27. The maximum absolute atomic E-state index is 12.7. The van der Waals surface area contributed by atoms with Gasteiger partial charge >= 0.3 is 0 Å². The predicted octanol–water partition coefficient (Wildman–Crippen LogP) is 4.39. The number of hydrogen-bond acceptors (Lipinski definition) is 3. The van der Waals surface area contributed by atoms with Gasteiger partial charge in [0.05, 0.1) is 17.2 Å². The van der Waals surface area contributed by atoms with Gasteiger partial charge in [-0.15, -0.1) is 11.3 Å². The number of piperidine rings is 1. The fourth-order valence-corrected chi connectivity index (χ4v) is 3.87. The van der Waals surface area contributed by atoms with Crippen LogP contribution in [0, 0.1) is 0 Å². The Morgan fingerprint density at radius 2 is 2.25 bits per heavy atom. The van der Waals surface area contributed by atoms with Gasteiger partial charge in [-0.2, -0.15) is 0 Å². The smallest absolute Gasteiger partial charge is 0.247 e. The molecule has 0 radical (unpaired) electrons. The lowest BCUT2D eigenvalue weighted by atomic mass is 9.99. The Morgan fingerprint density at radius 1 is 1.33 bits per heavy atom. The van der Waals surface area contributed by atoms with Crippen LogP contribution in [0.1, 0.15) is 36.7 Å². The standard InChI is InChI=1S/C19H19N3OS/c23-19(9-8-15-12-24-13-20-15)22-10-4-3-7-18(22)17-11-14-5-1-2-6-16(14)21-17/h1-2,5-6,8-9,11-13,18,21H,3-4,7,10H2/b9-8+/t18-/m1/s1. The minimum atomic E-state index is 0.0614. The summed E-state index contributed by atoms with van der Waals surface area (Å²) in [5.41, 5.74) is 4.88. The van der Waals surface area contributed by atoms with Gasteiger partial charge in [0.1, 0.15) is 0 Å². The predicted molar refractivity (Wildman–Crippen MR) is 97.8 cm³/mol. The van der Waals surface area contributed by atoms with Crippen LogP contribution in [0.3, 0.4) is 0 Å². The molecule has 1 N–H and O–H groups in total. The van der Waals surface area contributed by atoms with Gasteiger partial charge in [-0.05, 0) is 42.9 Å². The van der Waals surface area contributed by atoms with E-state index >= 15 is 0 Å². The topological polar surface area (TPSA) is 49.0 Å². The van der Waals surface area contributed by atoms with Crippen molar-refractivity contribution in [3.05, 3.63) is 58.7 Å². The van der Waals surface area contributed by atoms with Crippen molar-refractivity contribution >= 4 is 34.2 Å². The number of carbonyl (C=O) groups excluding carboxylic acids is 1. The number of nitrogens with one attached hydrogen (secondary N) is 1. The first-order valence-corrected chi connectivity index (χ1v) is 9.20. The molecular formula is C19H19N3OS. The molecule has 0 bridgehead atoms. The van der Waals surface area contributed by atoms with Gasteiger partial charge in [0.2, 0.25) is 5.91 Å². The molecule has 4 rings (SSSR count). The average Bonchev–Trinajstić information content (AvgIpc) is 3.29.